The Morgan fingerprint density at radius 1 is 1.14 bits per heavy atom. The maximum Gasteiger partial charge on any atom is 0.153 e. The second-order valence-corrected chi connectivity index (χ2v) is 4.80. The van der Waals surface area contributed by atoms with Gasteiger partial charge in [-0.25, -0.2) is 0 Å². The largest absolute Gasteiger partial charge is 0.494 e. The van der Waals surface area contributed by atoms with Crippen LogP contribution in [0.2, 0.25) is 0 Å². The average Bonchev–Trinajstić information content (AvgIpc) is 2.90. The maximum atomic E-state index is 6.04. The summed E-state index contributed by atoms with van der Waals surface area (Å²) >= 11 is 0. The third-order valence-corrected chi connectivity index (χ3v) is 3.41. The van der Waals surface area contributed by atoms with Crippen molar-refractivity contribution in [2.75, 3.05) is 12.8 Å². The second-order valence-electron chi connectivity index (χ2n) is 4.80. The van der Waals surface area contributed by atoms with Crippen molar-refractivity contribution in [1.82, 2.24) is 15.2 Å². The van der Waals surface area contributed by atoms with Gasteiger partial charge >= 0.3 is 0 Å². The van der Waals surface area contributed by atoms with Crippen LogP contribution >= 0.6 is 0 Å². The molecular formula is C16H16N4O. The number of H-pyrrole nitrogens is 1. The molecule has 3 rings (SSSR count). The molecule has 21 heavy (non-hydrogen) atoms. The average molecular weight is 280 g/mol. The van der Waals surface area contributed by atoms with E-state index in [1.165, 1.54) is 5.56 Å². The van der Waals surface area contributed by atoms with Crippen molar-refractivity contribution in [3.8, 4) is 28.1 Å². The van der Waals surface area contributed by atoms with E-state index in [1.54, 1.807) is 19.5 Å². The molecule has 0 unspecified atom stereocenters. The van der Waals surface area contributed by atoms with E-state index in [0.717, 1.165) is 22.4 Å². The van der Waals surface area contributed by atoms with Gasteiger partial charge in [0.15, 0.2) is 5.82 Å². The second kappa shape index (κ2) is 5.28. The zero-order chi connectivity index (χ0) is 14.8. The van der Waals surface area contributed by atoms with Crippen LogP contribution in [0.1, 0.15) is 5.56 Å². The van der Waals surface area contributed by atoms with E-state index in [1.807, 2.05) is 18.2 Å². The third-order valence-electron chi connectivity index (χ3n) is 3.41. The molecule has 0 radical (unpaired) electrons. The zero-order valence-corrected chi connectivity index (χ0v) is 11.9. The molecule has 1 aromatic carbocycles. The topological polar surface area (TPSA) is 76.8 Å². The van der Waals surface area contributed by atoms with Gasteiger partial charge in [0.2, 0.25) is 0 Å². The molecule has 0 saturated carbocycles. The van der Waals surface area contributed by atoms with Crippen molar-refractivity contribution >= 4 is 5.82 Å². The summed E-state index contributed by atoms with van der Waals surface area (Å²) in [5.41, 5.74) is 10.8. The molecular weight excluding hydrogens is 264 g/mol. The quantitative estimate of drug-likeness (QED) is 0.773. The number of nitrogen functional groups attached to an aromatic ring is 1. The van der Waals surface area contributed by atoms with Gasteiger partial charge in [-0.2, -0.15) is 5.10 Å². The molecule has 106 valence electrons. The third kappa shape index (κ3) is 2.33. The first-order valence-corrected chi connectivity index (χ1v) is 6.60. The number of nitrogens with one attached hydrogen (secondary N) is 1. The number of nitrogens with zero attached hydrogens (tertiary/aromatic N) is 2. The van der Waals surface area contributed by atoms with Gasteiger partial charge < -0.3 is 10.5 Å². The van der Waals surface area contributed by atoms with Gasteiger partial charge in [0.1, 0.15) is 5.75 Å². The van der Waals surface area contributed by atoms with Crippen LogP contribution in [0.4, 0.5) is 5.82 Å². The Bertz CT molecular complexity index is 762. The molecule has 5 nitrogen and oxygen atoms in total. The summed E-state index contributed by atoms with van der Waals surface area (Å²) in [4.78, 5) is 4.07. The number of benzene rings is 1. The lowest BCUT2D eigenvalue weighted by molar-refractivity contribution is 0.414. The predicted molar refractivity (Wildman–Crippen MR) is 83.0 cm³/mol. The molecule has 5 heteroatoms. The smallest absolute Gasteiger partial charge is 0.153 e. The van der Waals surface area contributed by atoms with Crippen LogP contribution in [0, 0.1) is 6.92 Å². The van der Waals surface area contributed by atoms with Crippen molar-refractivity contribution < 1.29 is 4.74 Å². The minimum Gasteiger partial charge on any atom is -0.494 e. The molecule has 0 aliphatic rings. The minimum absolute atomic E-state index is 0.465. The Morgan fingerprint density at radius 3 is 2.62 bits per heavy atom. The summed E-state index contributed by atoms with van der Waals surface area (Å²) in [6, 6.07) is 10.1. The van der Waals surface area contributed by atoms with Crippen LogP contribution in [0.15, 0.2) is 42.7 Å². The van der Waals surface area contributed by atoms with Crippen molar-refractivity contribution in [3.05, 3.63) is 48.3 Å². The van der Waals surface area contributed by atoms with E-state index in [4.69, 9.17) is 10.5 Å². The summed E-state index contributed by atoms with van der Waals surface area (Å²) in [7, 11) is 1.62. The molecule has 0 spiro atoms. The van der Waals surface area contributed by atoms with E-state index >= 15 is 0 Å². The van der Waals surface area contributed by atoms with E-state index in [0.29, 0.717) is 11.6 Å². The Balaban J connectivity index is 2.19. The number of nitrogens with two attached hydrogens (primary N) is 1. The normalized spacial score (nSPS) is 10.6. The Hall–Kier alpha value is -2.82. The van der Waals surface area contributed by atoms with Gasteiger partial charge in [0.25, 0.3) is 0 Å². The van der Waals surface area contributed by atoms with E-state index in [2.05, 4.69) is 34.2 Å². The molecule has 0 amide bonds. The van der Waals surface area contributed by atoms with Crippen LogP contribution in [-0.4, -0.2) is 22.3 Å². The first-order chi connectivity index (χ1) is 10.2. The number of aromatic amines is 1. The highest BCUT2D eigenvalue weighted by molar-refractivity contribution is 5.89. The van der Waals surface area contributed by atoms with Crippen molar-refractivity contribution in [2.45, 2.75) is 6.92 Å². The number of aryl methyl sites for hydroxylation is 1. The highest BCUT2D eigenvalue weighted by Crippen LogP contribution is 2.38. The molecule has 0 aliphatic heterocycles. The highest BCUT2D eigenvalue weighted by atomic mass is 16.5. The van der Waals surface area contributed by atoms with Crippen molar-refractivity contribution in [2.24, 2.45) is 0 Å². The lowest BCUT2D eigenvalue weighted by Crippen LogP contribution is -1.92. The first-order valence-electron chi connectivity index (χ1n) is 6.60. The number of rotatable bonds is 3. The number of anilines is 1. The van der Waals surface area contributed by atoms with Gasteiger partial charge in [-0.15, -0.1) is 0 Å². The summed E-state index contributed by atoms with van der Waals surface area (Å²) in [5, 5.41) is 7.14. The first kappa shape index (κ1) is 13.2. The van der Waals surface area contributed by atoms with Crippen LogP contribution in [0.25, 0.3) is 22.4 Å². The minimum atomic E-state index is 0.465. The molecule has 3 aromatic rings. The summed E-state index contributed by atoms with van der Waals surface area (Å²) < 4.78 is 5.37. The van der Waals surface area contributed by atoms with E-state index in [9.17, 15) is 0 Å². The van der Waals surface area contributed by atoms with Crippen LogP contribution in [-0.2, 0) is 0 Å². The van der Waals surface area contributed by atoms with Gasteiger partial charge in [0.05, 0.1) is 24.6 Å². The molecule has 0 fully saturated rings. The number of hydrogen-bond acceptors (Lipinski definition) is 4. The van der Waals surface area contributed by atoms with Gasteiger partial charge in [-0.05, 0) is 18.6 Å². The predicted octanol–water partition coefficient (Wildman–Crippen LogP) is 3.04. The van der Waals surface area contributed by atoms with Gasteiger partial charge in [0, 0.05) is 11.8 Å². The molecule has 0 saturated heterocycles. The lowest BCUT2D eigenvalue weighted by Gasteiger charge is -2.09. The fraction of sp³-hybridized carbons (Fsp3) is 0.125. The fourth-order valence-corrected chi connectivity index (χ4v) is 2.31. The van der Waals surface area contributed by atoms with Gasteiger partial charge in [-0.1, -0.05) is 29.8 Å². The van der Waals surface area contributed by atoms with Crippen molar-refractivity contribution in [1.29, 1.82) is 0 Å². The number of ether oxygens (including phenoxy) is 1. The number of aromatic nitrogens is 3. The summed E-state index contributed by atoms with van der Waals surface area (Å²) in [5.74, 6) is 1.14. The van der Waals surface area contributed by atoms with Crippen LogP contribution < -0.4 is 10.5 Å². The standard InChI is InChI=1S/C16H16N4O/c1-10-3-5-11(6-4-10)14-15(19-20-16(14)17)12-7-8-18-9-13(12)21-2/h3-9H,1-2H3,(H3,17,19,20). The SMILES string of the molecule is COc1cnccc1-c1[nH]nc(N)c1-c1ccc(C)cc1. The Labute approximate surface area is 122 Å². The Kier molecular flexibility index (Phi) is 3.31. The van der Waals surface area contributed by atoms with Gasteiger partial charge in [-0.3, -0.25) is 10.1 Å². The van der Waals surface area contributed by atoms with Crippen LogP contribution in [0.5, 0.6) is 5.75 Å². The lowest BCUT2D eigenvalue weighted by atomic mass is 10.00. The molecule has 0 atom stereocenters. The number of hydrogen-bond donors (Lipinski definition) is 2. The monoisotopic (exact) mass is 280 g/mol. The molecule has 0 bridgehead atoms. The summed E-state index contributed by atoms with van der Waals surface area (Å²) in [6.07, 6.45) is 3.39. The van der Waals surface area contributed by atoms with E-state index < -0.39 is 0 Å². The molecule has 2 heterocycles. The molecule has 3 N–H and O–H groups in total. The molecule has 2 aromatic heterocycles. The molecule has 0 aliphatic carbocycles. The zero-order valence-electron chi connectivity index (χ0n) is 11.9. The van der Waals surface area contributed by atoms with Crippen molar-refractivity contribution in [3.63, 3.8) is 0 Å². The Morgan fingerprint density at radius 2 is 1.90 bits per heavy atom. The van der Waals surface area contributed by atoms with Crippen LogP contribution in [0.3, 0.4) is 0 Å². The maximum absolute atomic E-state index is 6.04. The highest BCUT2D eigenvalue weighted by Gasteiger charge is 2.17. The summed E-state index contributed by atoms with van der Waals surface area (Å²) in [6.45, 7) is 2.05. The fourth-order valence-electron chi connectivity index (χ4n) is 2.31. The number of methoxy groups -OCH3 is 1. The van der Waals surface area contributed by atoms with E-state index in [-0.39, 0.29) is 0 Å². The number of pyridine rings is 1.